The van der Waals surface area contributed by atoms with Crippen LogP contribution in [-0.4, -0.2) is 22.1 Å². The molecule has 1 aromatic rings. The highest BCUT2D eigenvalue weighted by molar-refractivity contribution is 8.15. The molecule has 0 aromatic heterocycles. The maximum absolute atomic E-state index is 11.5. The first kappa shape index (κ1) is 12.8. The second-order valence-corrected chi connectivity index (χ2v) is 5.54. The van der Waals surface area contributed by atoms with Crippen molar-refractivity contribution in [2.45, 2.75) is 25.0 Å². The van der Waals surface area contributed by atoms with Crippen molar-refractivity contribution in [2.75, 3.05) is 0 Å². The maximum Gasteiger partial charge on any atom is 0.239 e. The Morgan fingerprint density at radius 3 is 2.44 bits per heavy atom. The van der Waals surface area contributed by atoms with Crippen LogP contribution >= 0.6 is 11.8 Å². The summed E-state index contributed by atoms with van der Waals surface area (Å²) in [5.74, 6) is 0.0414. The van der Waals surface area contributed by atoms with E-state index in [1.54, 1.807) is 6.92 Å². The van der Waals surface area contributed by atoms with Crippen LogP contribution in [0.3, 0.4) is 0 Å². The lowest BCUT2D eigenvalue weighted by Crippen LogP contribution is -2.25. The molecule has 2 rings (SSSR count). The topological polar surface area (TPSA) is 70.0 Å². The lowest BCUT2D eigenvalue weighted by molar-refractivity contribution is -0.119. The van der Waals surface area contributed by atoms with E-state index < -0.39 is 0 Å². The van der Waals surface area contributed by atoms with Crippen molar-refractivity contribution in [3.63, 3.8) is 0 Å². The Hall–Kier alpha value is -1.62. The third-order valence-corrected chi connectivity index (χ3v) is 3.69. The fraction of sp³-hybridized carbons (Fsp3) is 0.308. The highest BCUT2D eigenvalue weighted by Crippen LogP contribution is 2.22. The number of carbonyl (C=O) groups is 2. The van der Waals surface area contributed by atoms with Gasteiger partial charge in [-0.15, -0.1) is 0 Å². The summed E-state index contributed by atoms with van der Waals surface area (Å²) in [6.45, 7) is 1.57. The van der Waals surface area contributed by atoms with Crippen molar-refractivity contribution in [1.29, 1.82) is 5.41 Å². The summed E-state index contributed by atoms with van der Waals surface area (Å²) in [6.07, 6.45) is 1.06. The molecule has 1 amide bonds. The van der Waals surface area contributed by atoms with Crippen molar-refractivity contribution < 1.29 is 9.59 Å². The second kappa shape index (κ2) is 5.35. The molecule has 1 saturated heterocycles. The van der Waals surface area contributed by atoms with Crippen LogP contribution in [0.2, 0.25) is 0 Å². The number of Topliss-reactive ketones (excluding diaryl/α,β-unsaturated/α-hetero) is 1. The van der Waals surface area contributed by atoms with Gasteiger partial charge in [-0.1, -0.05) is 36.0 Å². The van der Waals surface area contributed by atoms with E-state index in [4.69, 9.17) is 5.41 Å². The van der Waals surface area contributed by atoms with E-state index in [9.17, 15) is 9.59 Å². The number of rotatable bonds is 4. The van der Waals surface area contributed by atoms with E-state index in [1.165, 1.54) is 11.8 Å². The predicted octanol–water partition coefficient (Wildman–Crippen LogP) is 1.53. The third-order valence-electron chi connectivity index (χ3n) is 2.69. The third kappa shape index (κ3) is 3.20. The zero-order valence-corrected chi connectivity index (χ0v) is 10.8. The molecule has 1 aromatic carbocycles. The van der Waals surface area contributed by atoms with Crippen LogP contribution in [0.1, 0.15) is 18.1 Å². The lowest BCUT2D eigenvalue weighted by atomic mass is 10.0. The number of carbonyl (C=O) groups excluding carboxylic acids is 2. The Balaban J connectivity index is 2.00. The van der Waals surface area contributed by atoms with E-state index in [2.05, 4.69) is 5.32 Å². The molecule has 1 aliphatic rings. The van der Waals surface area contributed by atoms with Crippen molar-refractivity contribution >= 4 is 28.6 Å². The average molecular weight is 262 g/mol. The molecule has 94 valence electrons. The molecule has 1 unspecified atom stereocenters. The van der Waals surface area contributed by atoms with Crippen molar-refractivity contribution in [3.05, 3.63) is 35.4 Å². The smallest absolute Gasteiger partial charge is 0.239 e. The van der Waals surface area contributed by atoms with E-state index in [-0.39, 0.29) is 22.1 Å². The quantitative estimate of drug-likeness (QED) is 0.864. The summed E-state index contributed by atoms with van der Waals surface area (Å²) in [7, 11) is 0. The van der Waals surface area contributed by atoms with E-state index in [0.717, 1.165) is 11.1 Å². The number of amides is 1. The maximum atomic E-state index is 11.5. The normalized spacial score (nSPS) is 18.8. The number of benzene rings is 1. The summed E-state index contributed by atoms with van der Waals surface area (Å²) < 4.78 is 0. The number of amidine groups is 1. The van der Waals surface area contributed by atoms with E-state index >= 15 is 0 Å². The van der Waals surface area contributed by atoms with E-state index in [0.29, 0.717) is 12.8 Å². The highest BCUT2D eigenvalue weighted by atomic mass is 32.2. The largest absolute Gasteiger partial charge is 0.305 e. The van der Waals surface area contributed by atoms with Crippen LogP contribution in [0.25, 0.3) is 0 Å². The molecule has 1 aliphatic heterocycles. The monoisotopic (exact) mass is 262 g/mol. The summed E-state index contributed by atoms with van der Waals surface area (Å²) in [5.41, 5.74) is 2.03. The predicted molar refractivity (Wildman–Crippen MR) is 71.8 cm³/mol. The first-order valence-corrected chi connectivity index (χ1v) is 6.56. The van der Waals surface area contributed by atoms with Gasteiger partial charge >= 0.3 is 0 Å². The van der Waals surface area contributed by atoms with Gasteiger partial charge in [0.05, 0.1) is 5.25 Å². The van der Waals surface area contributed by atoms with Gasteiger partial charge in [0.25, 0.3) is 0 Å². The molecule has 2 N–H and O–H groups in total. The van der Waals surface area contributed by atoms with Gasteiger partial charge in [0.1, 0.15) is 5.78 Å². The Morgan fingerprint density at radius 2 is 1.94 bits per heavy atom. The molecule has 0 saturated carbocycles. The van der Waals surface area contributed by atoms with Crippen LogP contribution < -0.4 is 5.32 Å². The van der Waals surface area contributed by atoms with E-state index in [1.807, 2.05) is 24.3 Å². The summed E-state index contributed by atoms with van der Waals surface area (Å²) in [4.78, 5) is 22.5. The van der Waals surface area contributed by atoms with Gasteiger partial charge in [-0.05, 0) is 24.5 Å². The zero-order chi connectivity index (χ0) is 13.1. The number of thioether (sulfide) groups is 1. The van der Waals surface area contributed by atoms with Gasteiger partial charge in [0.2, 0.25) is 5.91 Å². The summed E-state index contributed by atoms with van der Waals surface area (Å²) in [6, 6.07) is 7.71. The van der Waals surface area contributed by atoms with Crippen LogP contribution in [0.15, 0.2) is 24.3 Å². The molecular weight excluding hydrogens is 248 g/mol. The van der Waals surface area contributed by atoms with Crippen LogP contribution in [0, 0.1) is 5.41 Å². The van der Waals surface area contributed by atoms with Crippen molar-refractivity contribution in [3.8, 4) is 0 Å². The van der Waals surface area contributed by atoms with Gasteiger partial charge in [-0.25, -0.2) is 0 Å². The summed E-state index contributed by atoms with van der Waals surface area (Å²) in [5, 5.41) is 9.88. The number of ketones is 1. The lowest BCUT2D eigenvalue weighted by Gasteiger charge is -2.06. The zero-order valence-electron chi connectivity index (χ0n) is 10.0. The molecule has 0 radical (unpaired) electrons. The molecule has 5 heteroatoms. The molecular formula is C13H14N2O2S. The Kier molecular flexibility index (Phi) is 3.81. The average Bonchev–Trinajstić information content (AvgIpc) is 2.59. The first-order chi connectivity index (χ1) is 8.54. The molecule has 18 heavy (non-hydrogen) atoms. The Bertz CT molecular complexity index is 496. The minimum Gasteiger partial charge on any atom is -0.305 e. The molecule has 4 nitrogen and oxygen atoms in total. The summed E-state index contributed by atoms with van der Waals surface area (Å²) >= 11 is 1.25. The minimum absolute atomic E-state index is 0.0992. The van der Waals surface area contributed by atoms with Crippen molar-refractivity contribution in [1.82, 2.24) is 5.32 Å². The molecule has 1 atom stereocenters. The van der Waals surface area contributed by atoms with Gasteiger partial charge in [-0.3, -0.25) is 15.0 Å². The molecule has 0 aliphatic carbocycles. The standard InChI is InChI=1S/C13H14N2O2S/c1-8(16)6-9-2-4-10(5-3-9)7-11-12(17)15-13(14)18-11/h2-5,11H,6-7H2,1H3,(H2,14,15,17). The minimum atomic E-state index is -0.212. The fourth-order valence-electron chi connectivity index (χ4n) is 1.85. The Labute approximate surface area is 110 Å². The first-order valence-electron chi connectivity index (χ1n) is 5.68. The fourth-order valence-corrected chi connectivity index (χ4v) is 2.73. The molecule has 1 heterocycles. The number of nitrogens with one attached hydrogen (secondary N) is 2. The highest BCUT2D eigenvalue weighted by Gasteiger charge is 2.29. The van der Waals surface area contributed by atoms with Crippen LogP contribution in [0.4, 0.5) is 0 Å². The van der Waals surface area contributed by atoms with Crippen LogP contribution in [0.5, 0.6) is 0 Å². The Morgan fingerprint density at radius 1 is 1.33 bits per heavy atom. The molecule has 0 bridgehead atoms. The van der Waals surface area contributed by atoms with Gasteiger partial charge in [0.15, 0.2) is 5.17 Å². The van der Waals surface area contributed by atoms with Gasteiger partial charge in [-0.2, -0.15) is 0 Å². The molecule has 1 fully saturated rings. The number of hydrogen-bond acceptors (Lipinski definition) is 4. The molecule has 0 spiro atoms. The SMILES string of the molecule is CC(=O)Cc1ccc(CC2SC(=N)NC2=O)cc1. The van der Waals surface area contributed by atoms with Crippen LogP contribution in [-0.2, 0) is 22.4 Å². The van der Waals surface area contributed by atoms with Gasteiger partial charge in [0, 0.05) is 6.42 Å². The van der Waals surface area contributed by atoms with Crippen molar-refractivity contribution in [2.24, 2.45) is 0 Å². The number of hydrogen-bond donors (Lipinski definition) is 2. The van der Waals surface area contributed by atoms with Gasteiger partial charge < -0.3 is 5.32 Å². The second-order valence-electron chi connectivity index (χ2n) is 4.32.